The van der Waals surface area contributed by atoms with Crippen molar-refractivity contribution in [1.29, 1.82) is 0 Å². The van der Waals surface area contributed by atoms with Gasteiger partial charge in [-0.2, -0.15) is 0 Å². The molecule has 0 bridgehead atoms. The Balaban J connectivity index is 1.43. The van der Waals surface area contributed by atoms with E-state index in [2.05, 4.69) is 102 Å². The molecule has 3 aromatic carbocycles. The normalized spacial score (nSPS) is 14.9. The van der Waals surface area contributed by atoms with E-state index in [-0.39, 0.29) is 0 Å². The molecule has 4 heteroatoms. The van der Waals surface area contributed by atoms with Crippen LogP contribution in [0, 0.1) is 0 Å². The third kappa shape index (κ3) is 4.47. The van der Waals surface area contributed by atoms with E-state index in [1.54, 1.807) is 0 Å². The molecule has 6 aromatic rings. The van der Waals surface area contributed by atoms with Crippen LogP contribution in [0.25, 0.3) is 55.4 Å². The van der Waals surface area contributed by atoms with E-state index < -0.39 is 13.3 Å². The summed E-state index contributed by atoms with van der Waals surface area (Å²) in [7, 11) is 0. The van der Waals surface area contributed by atoms with E-state index in [9.17, 15) is 0 Å². The van der Waals surface area contributed by atoms with Gasteiger partial charge in [0, 0.05) is 5.92 Å². The van der Waals surface area contributed by atoms with Crippen molar-refractivity contribution < 1.29 is 4.42 Å². The molecule has 3 heterocycles. The standard InChI is InChI=1S/C35H34GeN2O/c1-36(2,3)25-17-19-32-30(21-25)29(23-11-6-4-7-12-23)22-33(37-32)28-16-10-15-26-27-18-20-31(24-13-8-5-9-14-24)38-35(27)39-34(26)28/h4,6-7,10-12,15-22,24H,5,8-9,13-14H2,1-3H3. The molecule has 3 nitrogen and oxygen atoms in total. The second-order valence-electron chi connectivity index (χ2n) is 12.1. The molecule has 1 aliphatic carbocycles. The van der Waals surface area contributed by atoms with Crippen LogP contribution >= 0.6 is 0 Å². The van der Waals surface area contributed by atoms with Crippen molar-refractivity contribution in [3.63, 3.8) is 0 Å². The van der Waals surface area contributed by atoms with E-state index >= 15 is 0 Å². The van der Waals surface area contributed by atoms with Crippen molar-refractivity contribution in [2.75, 3.05) is 0 Å². The number of aromatic nitrogens is 2. The molecule has 0 unspecified atom stereocenters. The molecule has 0 radical (unpaired) electrons. The van der Waals surface area contributed by atoms with Crippen molar-refractivity contribution in [1.82, 2.24) is 9.97 Å². The van der Waals surface area contributed by atoms with Crippen molar-refractivity contribution in [3.8, 4) is 22.4 Å². The number of furan rings is 1. The van der Waals surface area contributed by atoms with Gasteiger partial charge in [-0.25, -0.2) is 0 Å². The first kappa shape index (κ1) is 24.6. The summed E-state index contributed by atoms with van der Waals surface area (Å²) in [6.45, 7) is 0. The third-order valence-electron chi connectivity index (χ3n) is 8.44. The summed E-state index contributed by atoms with van der Waals surface area (Å²) in [5, 5.41) is 3.40. The zero-order valence-corrected chi connectivity index (χ0v) is 25.1. The second-order valence-corrected chi connectivity index (χ2v) is 22.8. The van der Waals surface area contributed by atoms with Crippen LogP contribution in [0.15, 0.2) is 89.3 Å². The molecule has 194 valence electrons. The molecule has 0 atom stereocenters. The van der Waals surface area contributed by atoms with E-state index in [0.717, 1.165) is 38.8 Å². The number of para-hydroxylation sites is 1. The molecular weight excluding hydrogens is 537 g/mol. The van der Waals surface area contributed by atoms with Crippen LogP contribution in [-0.2, 0) is 0 Å². The summed E-state index contributed by atoms with van der Waals surface area (Å²) in [6.07, 6.45) is 6.40. The SMILES string of the molecule is [CH3][Ge]([CH3])([CH3])[c]1ccc2nc(-c3cccc4c3oc3nc(C5CCCCC5)ccc34)cc(-c3ccccc3)c2c1. The maximum absolute atomic E-state index is 6.55. The Morgan fingerprint density at radius 2 is 1.51 bits per heavy atom. The van der Waals surface area contributed by atoms with Gasteiger partial charge in [-0.3, -0.25) is 0 Å². The van der Waals surface area contributed by atoms with Crippen molar-refractivity contribution >= 4 is 50.6 Å². The Bertz CT molecular complexity index is 1830. The summed E-state index contributed by atoms with van der Waals surface area (Å²) >= 11 is -2.01. The Morgan fingerprint density at radius 3 is 2.31 bits per heavy atom. The Morgan fingerprint density at radius 1 is 0.692 bits per heavy atom. The predicted octanol–water partition coefficient (Wildman–Crippen LogP) is 9.46. The van der Waals surface area contributed by atoms with Gasteiger partial charge in [0.2, 0.25) is 0 Å². The van der Waals surface area contributed by atoms with Crippen LogP contribution in [0.3, 0.4) is 0 Å². The minimum absolute atomic E-state index is 0.550. The average molecular weight is 571 g/mol. The first-order valence-electron chi connectivity index (χ1n) is 14.3. The Labute approximate surface area is 232 Å². The zero-order chi connectivity index (χ0) is 26.6. The van der Waals surface area contributed by atoms with Gasteiger partial charge in [-0.05, 0) is 12.8 Å². The van der Waals surface area contributed by atoms with Crippen molar-refractivity contribution in [2.24, 2.45) is 0 Å². The number of rotatable bonds is 4. The van der Waals surface area contributed by atoms with Gasteiger partial charge in [0.15, 0.2) is 0 Å². The summed E-state index contributed by atoms with van der Waals surface area (Å²) < 4.78 is 8.04. The van der Waals surface area contributed by atoms with Crippen molar-refractivity contribution in [2.45, 2.75) is 55.3 Å². The number of fused-ring (bicyclic) bond motifs is 4. The molecule has 0 aliphatic heterocycles. The van der Waals surface area contributed by atoms with Gasteiger partial charge in [-0.1, -0.05) is 19.3 Å². The first-order valence-corrected chi connectivity index (χ1v) is 21.6. The zero-order valence-electron chi connectivity index (χ0n) is 23.0. The fourth-order valence-corrected chi connectivity index (χ4v) is 8.64. The molecule has 1 saturated carbocycles. The molecule has 0 spiro atoms. The van der Waals surface area contributed by atoms with Crippen molar-refractivity contribution in [3.05, 3.63) is 90.6 Å². The van der Waals surface area contributed by atoms with Crippen LogP contribution in [0.5, 0.6) is 0 Å². The van der Waals surface area contributed by atoms with Gasteiger partial charge >= 0.3 is 195 Å². The van der Waals surface area contributed by atoms with Gasteiger partial charge < -0.3 is 0 Å². The number of benzene rings is 3. The van der Waals surface area contributed by atoms with Crippen LogP contribution in [0.2, 0.25) is 17.3 Å². The Hall–Kier alpha value is -3.44. The summed E-state index contributed by atoms with van der Waals surface area (Å²) in [5.41, 5.74) is 8.18. The maximum atomic E-state index is 6.55. The topological polar surface area (TPSA) is 38.9 Å². The van der Waals surface area contributed by atoms with Gasteiger partial charge in [-0.15, -0.1) is 0 Å². The number of hydrogen-bond acceptors (Lipinski definition) is 3. The van der Waals surface area contributed by atoms with Gasteiger partial charge in [0.05, 0.1) is 0 Å². The minimum atomic E-state index is -2.01. The molecule has 39 heavy (non-hydrogen) atoms. The fraction of sp³-hybridized carbons (Fsp3) is 0.257. The molecule has 0 N–H and O–H groups in total. The predicted molar refractivity (Wildman–Crippen MR) is 166 cm³/mol. The van der Waals surface area contributed by atoms with Crippen LogP contribution in [0.1, 0.15) is 43.7 Å². The van der Waals surface area contributed by atoms with E-state index in [4.69, 9.17) is 14.4 Å². The number of pyridine rings is 2. The molecule has 0 amide bonds. The van der Waals surface area contributed by atoms with Crippen LogP contribution in [-0.4, -0.2) is 23.2 Å². The quantitative estimate of drug-likeness (QED) is 0.198. The molecule has 1 fully saturated rings. The molecule has 7 rings (SSSR count). The third-order valence-corrected chi connectivity index (χ3v) is 12.7. The second kappa shape index (κ2) is 9.64. The number of nitrogens with zero attached hydrogens (tertiary/aromatic N) is 2. The van der Waals surface area contributed by atoms with Gasteiger partial charge in [0.1, 0.15) is 0 Å². The molecule has 3 aromatic heterocycles. The summed E-state index contributed by atoms with van der Waals surface area (Å²) in [4.78, 5) is 10.2. The van der Waals surface area contributed by atoms with E-state index in [1.807, 2.05) is 0 Å². The Kier molecular flexibility index (Phi) is 6.08. The summed E-state index contributed by atoms with van der Waals surface area (Å²) in [5.74, 6) is 7.89. The first-order chi connectivity index (χ1) is 19.0. The monoisotopic (exact) mass is 572 g/mol. The van der Waals surface area contributed by atoms with E-state index in [0.29, 0.717) is 5.92 Å². The fourth-order valence-electron chi connectivity index (χ4n) is 6.21. The molecule has 1 aliphatic rings. The van der Waals surface area contributed by atoms with Gasteiger partial charge in [0.25, 0.3) is 0 Å². The van der Waals surface area contributed by atoms with E-state index in [1.165, 1.54) is 58.7 Å². The number of hydrogen-bond donors (Lipinski definition) is 0. The molecular formula is C35H34GeN2O. The average Bonchev–Trinajstić information content (AvgIpc) is 3.35. The summed E-state index contributed by atoms with van der Waals surface area (Å²) in [6, 6.07) is 30.7. The molecule has 0 saturated heterocycles. The van der Waals surface area contributed by atoms with Crippen LogP contribution in [0.4, 0.5) is 0 Å². The van der Waals surface area contributed by atoms with Crippen LogP contribution < -0.4 is 4.40 Å².